The summed E-state index contributed by atoms with van der Waals surface area (Å²) in [7, 11) is 0. The van der Waals surface area contributed by atoms with E-state index in [4.69, 9.17) is 4.74 Å². The Labute approximate surface area is 238 Å². The molecule has 0 radical (unpaired) electrons. The Morgan fingerprint density at radius 1 is 1.05 bits per heavy atom. The average Bonchev–Trinajstić information content (AvgIpc) is 3.62. The van der Waals surface area contributed by atoms with Gasteiger partial charge in [0.25, 0.3) is 0 Å². The van der Waals surface area contributed by atoms with E-state index < -0.39 is 29.9 Å². The molecule has 1 aromatic carbocycles. The van der Waals surface area contributed by atoms with E-state index in [0.717, 1.165) is 5.56 Å². The average molecular weight is 567 g/mol. The number of likely N-dealkylation sites (tertiary alicyclic amines) is 1. The zero-order valence-corrected chi connectivity index (χ0v) is 23.5. The summed E-state index contributed by atoms with van der Waals surface area (Å²) in [4.78, 5) is 57.6. The molecule has 0 aliphatic carbocycles. The summed E-state index contributed by atoms with van der Waals surface area (Å²) in [6.45, 7) is 6.69. The molecule has 4 atom stereocenters. The van der Waals surface area contributed by atoms with Gasteiger partial charge in [0, 0.05) is 32.5 Å². The van der Waals surface area contributed by atoms with E-state index in [-0.39, 0.29) is 49.8 Å². The highest BCUT2D eigenvalue weighted by Gasteiger charge is 2.43. The van der Waals surface area contributed by atoms with Crippen molar-refractivity contribution in [2.75, 3.05) is 39.4 Å². The lowest BCUT2D eigenvalue weighted by molar-refractivity contribution is -0.141. The molecule has 2 saturated heterocycles. The first kappa shape index (κ1) is 28.7. The third-order valence-corrected chi connectivity index (χ3v) is 7.90. The van der Waals surface area contributed by atoms with Crippen LogP contribution in [-0.4, -0.2) is 106 Å². The van der Waals surface area contributed by atoms with Gasteiger partial charge in [-0.05, 0) is 11.5 Å². The number of fused-ring (bicyclic) bond motifs is 5. The fourth-order valence-electron chi connectivity index (χ4n) is 5.55. The van der Waals surface area contributed by atoms with Crippen LogP contribution in [0.1, 0.15) is 37.6 Å². The molecule has 0 unspecified atom stereocenters. The minimum absolute atomic E-state index is 0.126. The van der Waals surface area contributed by atoms with Gasteiger partial charge in [-0.25, -0.2) is 4.68 Å². The van der Waals surface area contributed by atoms with Gasteiger partial charge in [0.15, 0.2) is 0 Å². The number of carbonyl (C=O) groups is 4. The third kappa shape index (κ3) is 6.91. The molecule has 2 fully saturated rings. The third-order valence-electron chi connectivity index (χ3n) is 7.90. The fourth-order valence-corrected chi connectivity index (χ4v) is 5.55. The van der Waals surface area contributed by atoms with Crippen molar-refractivity contribution in [1.29, 1.82) is 0 Å². The molecule has 4 heterocycles. The number of carbonyl (C=O) groups excluding carboxylic acids is 4. The van der Waals surface area contributed by atoms with Crippen molar-refractivity contribution in [1.82, 2.24) is 40.7 Å². The van der Waals surface area contributed by atoms with Crippen LogP contribution in [0.3, 0.4) is 0 Å². The Morgan fingerprint density at radius 3 is 2.54 bits per heavy atom. The molecule has 41 heavy (non-hydrogen) atoms. The van der Waals surface area contributed by atoms with E-state index in [9.17, 15) is 19.2 Å². The number of benzene rings is 1. The number of morpholine rings is 1. The zero-order valence-electron chi connectivity index (χ0n) is 23.5. The highest BCUT2D eigenvalue weighted by Crippen LogP contribution is 2.28. The molecule has 3 aliphatic rings. The zero-order chi connectivity index (χ0) is 28.9. The van der Waals surface area contributed by atoms with Crippen LogP contribution >= 0.6 is 0 Å². The van der Waals surface area contributed by atoms with Crippen molar-refractivity contribution in [2.45, 2.75) is 57.4 Å². The van der Waals surface area contributed by atoms with Gasteiger partial charge in [0.05, 0.1) is 38.5 Å². The standard InChI is InChI=1S/C28H38N8O5/c1-18(2)25-28(40)30-22(12-19-6-4-3-5-7-19)26(38)29-14-20-15-36(33-32-20)21-13-23(27(39)31-25)35(16-21)24(37)17-34-8-10-41-11-9-34/h3-7,15,18,21-23,25H,8-14,16-17H2,1-2H3,(H,29,38)(H,30,40)(H,31,39)/t21-,22+,23-,25-/m0/s1. The molecule has 220 valence electrons. The number of ether oxygens (including phenoxy) is 1. The minimum atomic E-state index is -0.897. The molecular formula is C28H38N8O5. The van der Waals surface area contributed by atoms with Crippen molar-refractivity contribution < 1.29 is 23.9 Å². The Balaban J connectivity index is 1.41. The lowest BCUT2D eigenvalue weighted by atomic mass is 10.00. The Morgan fingerprint density at radius 2 is 1.80 bits per heavy atom. The predicted molar refractivity (Wildman–Crippen MR) is 147 cm³/mol. The van der Waals surface area contributed by atoms with Crippen LogP contribution in [0.15, 0.2) is 36.5 Å². The molecular weight excluding hydrogens is 528 g/mol. The molecule has 4 bridgehead atoms. The molecule has 0 spiro atoms. The summed E-state index contributed by atoms with van der Waals surface area (Å²) in [6.07, 6.45) is 2.34. The summed E-state index contributed by atoms with van der Waals surface area (Å²) in [5.74, 6) is -1.64. The van der Waals surface area contributed by atoms with E-state index >= 15 is 0 Å². The van der Waals surface area contributed by atoms with Crippen molar-refractivity contribution >= 4 is 23.6 Å². The first-order valence-corrected chi connectivity index (χ1v) is 14.2. The number of amides is 4. The number of nitrogens with zero attached hydrogens (tertiary/aromatic N) is 5. The topological polar surface area (TPSA) is 151 Å². The lowest BCUT2D eigenvalue weighted by Gasteiger charge is -2.31. The Bertz CT molecular complexity index is 1250. The molecule has 0 saturated carbocycles. The summed E-state index contributed by atoms with van der Waals surface area (Å²) >= 11 is 0. The van der Waals surface area contributed by atoms with Gasteiger partial charge in [-0.15, -0.1) is 5.10 Å². The van der Waals surface area contributed by atoms with Crippen LogP contribution in [0.2, 0.25) is 0 Å². The minimum Gasteiger partial charge on any atom is -0.379 e. The van der Waals surface area contributed by atoms with E-state index in [1.54, 1.807) is 15.8 Å². The van der Waals surface area contributed by atoms with Crippen molar-refractivity contribution in [3.05, 3.63) is 47.8 Å². The highest BCUT2D eigenvalue weighted by atomic mass is 16.5. The maximum atomic E-state index is 13.7. The normalized spacial score (nSPS) is 26.1. The molecule has 2 aromatic rings. The molecule has 5 rings (SSSR count). The van der Waals surface area contributed by atoms with Crippen molar-refractivity contribution in [3.63, 3.8) is 0 Å². The maximum Gasteiger partial charge on any atom is 0.243 e. The molecule has 3 N–H and O–H groups in total. The van der Waals surface area contributed by atoms with Crippen LogP contribution in [0, 0.1) is 5.92 Å². The number of hydrogen-bond acceptors (Lipinski definition) is 8. The van der Waals surface area contributed by atoms with Gasteiger partial charge in [0.1, 0.15) is 23.8 Å². The predicted octanol–water partition coefficient (Wildman–Crippen LogP) is -0.750. The van der Waals surface area contributed by atoms with E-state index in [2.05, 4.69) is 26.3 Å². The van der Waals surface area contributed by atoms with Crippen LogP contribution in [0.5, 0.6) is 0 Å². The SMILES string of the molecule is CC(C)[C@@H]1NC(=O)[C@@H]2C[C@@H](CN2C(=O)CN2CCOCC2)n2cc(nn2)CNC(=O)[C@@H](Cc2ccccc2)NC1=O. The van der Waals surface area contributed by atoms with Gasteiger partial charge in [0.2, 0.25) is 23.6 Å². The highest BCUT2D eigenvalue weighted by molar-refractivity contribution is 5.95. The van der Waals surface area contributed by atoms with Gasteiger partial charge in [-0.2, -0.15) is 0 Å². The number of hydrogen-bond donors (Lipinski definition) is 3. The first-order chi connectivity index (χ1) is 19.8. The van der Waals surface area contributed by atoms with Crippen LogP contribution < -0.4 is 16.0 Å². The van der Waals surface area contributed by atoms with Gasteiger partial charge >= 0.3 is 0 Å². The summed E-state index contributed by atoms with van der Waals surface area (Å²) in [5.41, 5.74) is 1.42. The Hall–Kier alpha value is -3.84. The van der Waals surface area contributed by atoms with Crippen LogP contribution in [-0.2, 0) is 36.9 Å². The molecule has 1 aromatic heterocycles. The fraction of sp³-hybridized carbons (Fsp3) is 0.571. The second kappa shape index (κ2) is 12.8. The van der Waals surface area contributed by atoms with Gasteiger partial charge in [-0.3, -0.25) is 24.1 Å². The number of rotatable bonds is 5. The van der Waals surface area contributed by atoms with Crippen molar-refractivity contribution in [3.8, 4) is 0 Å². The van der Waals surface area contributed by atoms with E-state index in [0.29, 0.717) is 38.4 Å². The lowest BCUT2D eigenvalue weighted by Crippen LogP contribution is -2.58. The molecule has 4 amide bonds. The quantitative estimate of drug-likeness (QED) is 0.428. The largest absolute Gasteiger partial charge is 0.379 e. The second-order valence-corrected chi connectivity index (χ2v) is 11.2. The molecule has 13 nitrogen and oxygen atoms in total. The smallest absolute Gasteiger partial charge is 0.243 e. The van der Waals surface area contributed by atoms with Gasteiger partial charge < -0.3 is 25.6 Å². The van der Waals surface area contributed by atoms with Gasteiger partial charge in [-0.1, -0.05) is 49.4 Å². The second-order valence-electron chi connectivity index (χ2n) is 11.2. The maximum absolute atomic E-state index is 13.7. The van der Waals surface area contributed by atoms with Crippen LogP contribution in [0.25, 0.3) is 0 Å². The van der Waals surface area contributed by atoms with E-state index in [1.807, 2.05) is 49.1 Å². The first-order valence-electron chi connectivity index (χ1n) is 14.2. The monoisotopic (exact) mass is 566 g/mol. The summed E-state index contributed by atoms with van der Waals surface area (Å²) < 4.78 is 7.06. The Kier molecular flexibility index (Phi) is 8.93. The van der Waals surface area contributed by atoms with E-state index in [1.165, 1.54) is 0 Å². The van der Waals surface area contributed by atoms with Crippen molar-refractivity contribution in [2.24, 2.45) is 5.92 Å². The summed E-state index contributed by atoms with van der Waals surface area (Å²) in [6, 6.07) is 6.59. The summed E-state index contributed by atoms with van der Waals surface area (Å²) in [5, 5.41) is 17.1. The molecule has 13 heteroatoms. The molecule has 3 aliphatic heterocycles. The van der Waals surface area contributed by atoms with Crippen LogP contribution in [0.4, 0.5) is 0 Å². The number of aromatic nitrogens is 3. The number of nitrogens with one attached hydrogen (secondary N) is 3.